The third-order valence-corrected chi connectivity index (χ3v) is 4.58. The van der Waals surface area contributed by atoms with Crippen LogP contribution in [0, 0.1) is 0 Å². The normalized spacial score (nSPS) is 15.6. The Balaban J connectivity index is 1.68. The van der Waals surface area contributed by atoms with Crippen molar-refractivity contribution in [1.29, 1.82) is 0 Å². The topological polar surface area (TPSA) is 56.8 Å². The molecular weight excluding hydrogens is 340 g/mol. The number of para-hydroxylation sites is 2. The van der Waals surface area contributed by atoms with Gasteiger partial charge in [0, 0.05) is 38.3 Å². The zero-order chi connectivity index (χ0) is 19.7. The van der Waals surface area contributed by atoms with Crippen molar-refractivity contribution in [3.05, 3.63) is 24.3 Å². The Morgan fingerprint density at radius 1 is 1.11 bits per heavy atom. The van der Waals surface area contributed by atoms with E-state index >= 15 is 0 Å². The molecule has 1 fully saturated rings. The smallest absolute Gasteiger partial charge is 0.234 e. The number of amides is 1. The van der Waals surface area contributed by atoms with Crippen molar-refractivity contribution in [2.45, 2.75) is 39.7 Å². The maximum atomic E-state index is 12.2. The third-order valence-electron chi connectivity index (χ3n) is 4.58. The first-order valence-corrected chi connectivity index (χ1v) is 10.1. The van der Waals surface area contributed by atoms with Crippen LogP contribution in [-0.2, 0) is 4.79 Å². The minimum atomic E-state index is 0.119. The van der Waals surface area contributed by atoms with Gasteiger partial charge < -0.3 is 20.3 Å². The van der Waals surface area contributed by atoms with Crippen molar-refractivity contribution >= 4 is 11.6 Å². The van der Waals surface area contributed by atoms with E-state index in [9.17, 15) is 4.79 Å². The van der Waals surface area contributed by atoms with Crippen LogP contribution in [0.25, 0.3) is 0 Å². The van der Waals surface area contributed by atoms with E-state index in [1.54, 1.807) is 0 Å². The summed E-state index contributed by atoms with van der Waals surface area (Å²) < 4.78 is 5.74. The lowest BCUT2D eigenvalue weighted by Crippen LogP contribution is -2.49. The molecule has 0 bridgehead atoms. The number of hydrogen-bond acceptors (Lipinski definition) is 5. The van der Waals surface area contributed by atoms with Crippen LogP contribution in [0.5, 0.6) is 5.75 Å². The maximum absolute atomic E-state index is 12.2. The highest BCUT2D eigenvalue weighted by molar-refractivity contribution is 5.78. The number of nitrogens with zero attached hydrogens (tertiary/aromatic N) is 2. The first-order chi connectivity index (χ1) is 12.9. The lowest BCUT2D eigenvalue weighted by Gasteiger charge is -2.36. The summed E-state index contributed by atoms with van der Waals surface area (Å²) in [5, 5.41) is 6.46. The Kier molecular flexibility index (Phi) is 8.38. The molecule has 152 valence electrons. The summed E-state index contributed by atoms with van der Waals surface area (Å²) in [4.78, 5) is 16.7. The monoisotopic (exact) mass is 376 g/mol. The minimum absolute atomic E-state index is 0.119. The van der Waals surface area contributed by atoms with Crippen LogP contribution < -0.4 is 20.3 Å². The van der Waals surface area contributed by atoms with Crippen LogP contribution in [0.1, 0.15) is 34.1 Å². The second kappa shape index (κ2) is 10.5. The number of anilines is 1. The van der Waals surface area contributed by atoms with Crippen LogP contribution in [0.3, 0.4) is 0 Å². The van der Waals surface area contributed by atoms with Gasteiger partial charge in [-0.05, 0) is 52.8 Å². The van der Waals surface area contributed by atoms with Crippen molar-refractivity contribution in [3.8, 4) is 5.75 Å². The van der Waals surface area contributed by atoms with E-state index in [2.05, 4.69) is 47.3 Å². The van der Waals surface area contributed by atoms with Crippen molar-refractivity contribution in [2.75, 3.05) is 57.3 Å². The Morgan fingerprint density at radius 3 is 2.48 bits per heavy atom. The molecule has 0 aromatic heterocycles. The average Bonchev–Trinajstić information content (AvgIpc) is 2.62. The zero-order valence-corrected chi connectivity index (χ0v) is 17.4. The van der Waals surface area contributed by atoms with Crippen LogP contribution in [0.4, 0.5) is 5.69 Å². The van der Waals surface area contributed by atoms with Crippen LogP contribution in [-0.4, -0.2) is 68.8 Å². The van der Waals surface area contributed by atoms with Gasteiger partial charge in [0.05, 0.1) is 18.8 Å². The first-order valence-electron chi connectivity index (χ1n) is 10.1. The van der Waals surface area contributed by atoms with E-state index in [4.69, 9.17) is 4.74 Å². The molecule has 2 N–H and O–H groups in total. The van der Waals surface area contributed by atoms with Gasteiger partial charge in [-0.1, -0.05) is 12.1 Å². The molecule has 0 saturated carbocycles. The second-order valence-corrected chi connectivity index (χ2v) is 8.04. The number of benzene rings is 1. The van der Waals surface area contributed by atoms with Crippen molar-refractivity contribution in [2.24, 2.45) is 0 Å². The molecule has 1 aromatic rings. The molecule has 0 radical (unpaired) electrons. The number of carbonyl (C=O) groups excluding carboxylic acids is 1. The molecule has 1 aliphatic rings. The van der Waals surface area contributed by atoms with Crippen LogP contribution in [0.15, 0.2) is 24.3 Å². The van der Waals surface area contributed by atoms with E-state index in [1.165, 1.54) is 0 Å². The summed E-state index contributed by atoms with van der Waals surface area (Å²) in [6, 6.07) is 8.18. The van der Waals surface area contributed by atoms with Gasteiger partial charge >= 0.3 is 0 Å². The standard InChI is InChI=1S/C21H36N4O2/c1-5-27-19-10-7-6-9-18(19)25-15-13-24(14-16-25)17-20(26)22-11-8-12-23-21(2,3)4/h6-7,9-10,23H,5,8,11-17H2,1-4H3,(H,22,26). The molecular formula is C21H36N4O2. The summed E-state index contributed by atoms with van der Waals surface area (Å²) in [5.74, 6) is 1.06. The molecule has 27 heavy (non-hydrogen) atoms. The molecule has 1 heterocycles. The number of carbonyl (C=O) groups is 1. The number of ether oxygens (including phenoxy) is 1. The molecule has 0 unspecified atom stereocenters. The fourth-order valence-electron chi connectivity index (χ4n) is 3.18. The number of nitrogens with one attached hydrogen (secondary N) is 2. The van der Waals surface area contributed by atoms with E-state index < -0.39 is 0 Å². The van der Waals surface area contributed by atoms with Gasteiger partial charge in [-0.25, -0.2) is 0 Å². The van der Waals surface area contributed by atoms with E-state index in [0.29, 0.717) is 13.2 Å². The predicted molar refractivity (Wildman–Crippen MR) is 112 cm³/mol. The number of rotatable bonds is 9. The fraction of sp³-hybridized carbons (Fsp3) is 0.667. The lowest BCUT2D eigenvalue weighted by molar-refractivity contribution is -0.122. The highest BCUT2D eigenvalue weighted by Crippen LogP contribution is 2.28. The number of hydrogen-bond donors (Lipinski definition) is 2. The van der Waals surface area contributed by atoms with Gasteiger partial charge in [-0.15, -0.1) is 0 Å². The molecule has 1 aromatic carbocycles. The maximum Gasteiger partial charge on any atom is 0.234 e. The quantitative estimate of drug-likeness (QED) is 0.647. The lowest BCUT2D eigenvalue weighted by atomic mass is 10.1. The molecule has 6 nitrogen and oxygen atoms in total. The van der Waals surface area contributed by atoms with Gasteiger partial charge in [0.1, 0.15) is 5.75 Å². The molecule has 0 atom stereocenters. The number of piperazine rings is 1. The zero-order valence-electron chi connectivity index (χ0n) is 17.4. The second-order valence-electron chi connectivity index (χ2n) is 8.04. The highest BCUT2D eigenvalue weighted by atomic mass is 16.5. The van der Waals surface area contributed by atoms with Gasteiger partial charge in [0.25, 0.3) is 0 Å². The van der Waals surface area contributed by atoms with E-state index in [1.807, 2.05) is 25.1 Å². The van der Waals surface area contributed by atoms with E-state index in [-0.39, 0.29) is 11.4 Å². The summed E-state index contributed by atoms with van der Waals surface area (Å²) in [5.41, 5.74) is 1.28. The van der Waals surface area contributed by atoms with Gasteiger partial charge in [0.15, 0.2) is 0 Å². The molecule has 1 aliphatic heterocycles. The van der Waals surface area contributed by atoms with Crippen LogP contribution >= 0.6 is 0 Å². The predicted octanol–water partition coefficient (Wildman–Crippen LogP) is 2.10. The third kappa shape index (κ3) is 7.77. The summed E-state index contributed by atoms with van der Waals surface area (Å²) in [6.07, 6.45) is 0.949. The minimum Gasteiger partial charge on any atom is -0.492 e. The van der Waals surface area contributed by atoms with E-state index in [0.717, 1.165) is 57.1 Å². The Bertz CT molecular complexity index is 578. The van der Waals surface area contributed by atoms with Crippen molar-refractivity contribution in [3.63, 3.8) is 0 Å². The van der Waals surface area contributed by atoms with Crippen molar-refractivity contribution in [1.82, 2.24) is 15.5 Å². The molecule has 6 heteroatoms. The largest absolute Gasteiger partial charge is 0.492 e. The Morgan fingerprint density at radius 2 is 1.81 bits per heavy atom. The molecule has 0 aliphatic carbocycles. The SMILES string of the molecule is CCOc1ccccc1N1CCN(CC(=O)NCCCNC(C)(C)C)CC1. The summed E-state index contributed by atoms with van der Waals surface area (Å²) >= 11 is 0. The van der Waals surface area contributed by atoms with Gasteiger partial charge in [0.2, 0.25) is 5.91 Å². The molecule has 1 amide bonds. The van der Waals surface area contributed by atoms with Gasteiger partial charge in [-0.2, -0.15) is 0 Å². The van der Waals surface area contributed by atoms with Crippen molar-refractivity contribution < 1.29 is 9.53 Å². The summed E-state index contributed by atoms with van der Waals surface area (Å²) in [6.45, 7) is 14.8. The molecule has 0 spiro atoms. The van der Waals surface area contributed by atoms with Gasteiger partial charge in [-0.3, -0.25) is 9.69 Å². The first kappa shape index (κ1) is 21.5. The average molecular weight is 377 g/mol. The van der Waals surface area contributed by atoms with Crippen LogP contribution in [0.2, 0.25) is 0 Å². The Labute approximate surface area is 164 Å². The molecule has 1 saturated heterocycles. The molecule has 2 rings (SSSR count). The Hall–Kier alpha value is -1.79. The highest BCUT2D eigenvalue weighted by Gasteiger charge is 2.21. The fourth-order valence-corrected chi connectivity index (χ4v) is 3.18. The summed E-state index contributed by atoms with van der Waals surface area (Å²) in [7, 11) is 0.